The van der Waals surface area contributed by atoms with Crippen LogP contribution >= 0.6 is 11.3 Å². The molecule has 0 unspecified atom stereocenters. The minimum absolute atomic E-state index is 0.163. The summed E-state index contributed by atoms with van der Waals surface area (Å²) in [5.74, 6) is 0.874. The van der Waals surface area contributed by atoms with Gasteiger partial charge in [0, 0.05) is 11.6 Å². The molecule has 0 radical (unpaired) electrons. The predicted octanol–water partition coefficient (Wildman–Crippen LogP) is 2.62. The van der Waals surface area contributed by atoms with Gasteiger partial charge < -0.3 is 9.47 Å². The molecule has 19 heavy (non-hydrogen) atoms. The van der Waals surface area contributed by atoms with Crippen molar-refractivity contribution >= 4 is 17.1 Å². The molecule has 0 amide bonds. The number of carbonyl (C=O) groups is 1. The van der Waals surface area contributed by atoms with Crippen LogP contribution in [0.25, 0.3) is 0 Å². The Morgan fingerprint density at radius 3 is 2.63 bits per heavy atom. The van der Waals surface area contributed by atoms with Crippen molar-refractivity contribution in [2.24, 2.45) is 0 Å². The first kappa shape index (κ1) is 11.8. The maximum absolute atomic E-state index is 12.3. The Morgan fingerprint density at radius 1 is 1.26 bits per heavy atom. The standard InChI is InChI=1S/C14H9NO3S/c15-8-9-6-11-12(18-4-3-17-11)7-10(9)14(16)13-2-1-5-19-13/h1-2,5-7H,3-4H2. The summed E-state index contributed by atoms with van der Waals surface area (Å²) >= 11 is 1.35. The lowest BCUT2D eigenvalue weighted by Crippen LogP contribution is -2.16. The Labute approximate surface area is 113 Å². The van der Waals surface area contributed by atoms with Crippen LogP contribution in [0, 0.1) is 11.3 Å². The second-order valence-electron chi connectivity index (χ2n) is 3.96. The molecule has 0 N–H and O–H groups in total. The first-order chi connectivity index (χ1) is 9.29. The van der Waals surface area contributed by atoms with Crippen LogP contribution < -0.4 is 9.47 Å². The van der Waals surface area contributed by atoms with E-state index in [9.17, 15) is 10.1 Å². The lowest BCUT2D eigenvalue weighted by Gasteiger charge is -2.19. The number of rotatable bonds is 2. The number of hydrogen-bond acceptors (Lipinski definition) is 5. The van der Waals surface area contributed by atoms with Gasteiger partial charge in [-0.05, 0) is 17.5 Å². The highest BCUT2D eigenvalue weighted by Gasteiger charge is 2.21. The summed E-state index contributed by atoms with van der Waals surface area (Å²) in [4.78, 5) is 12.9. The molecule has 0 spiro atoms. The minimum Gasteiger partial charge on any atom is -0.486 e. The first-order valence-electron chi connectivity index (χ1n) is 5.71. The molecule has 3 rings (SSSR count). The number of ether oxygens (including phenoxy) is 2. The highest BCUT2D eigenvalue weighted by atomic mass is 32.1. The maximum Gasteiger partial charge on any atom is 0.204 e. The molecule has 2 heterocycles. The molecule has 2 aromatic rings. The van der Waals surface area contributed by atoms with E-state index in [1.165, 1.54) is 11.3 Å². The molecule has 0 atom stereocenters. The van der Waals surface area contributed by atoms with Gasteiger partial charge in [-0.1, -0.05) is 6.07 Å². The number of nitriles is 1. The third-order valence-corrected chi connectivity index (χ3v) is 3.66. The van der Waals surface area contributed by atoms with Gasteiger partial charge in [0.05, 0.1) is 10.4 Å². The van der Waals surface area contributed by atoms with Crippen molar-refractivity contribution in [2.45, 2.75) is 0 Å². The molecule has 4 nitrogen and oxygen atoms in total. The van der Waals surface area contributed by atoms with Crippen molar-refractivity contribution in [1.82, 2.24) is 0 Å². The number of ketones is 1. The van der Waals surface area contributed by atoms with Gasteiger partial charge >= 0.3 is 0 Å². The minimum atomic E-state index is -0.163. The van der Waals surface area contributed by atoms with Crippen LogP contribution in [0.4, 0.5) is 0 Å². The zero-order valence-electron chi connectivity index (χ0n) is 9.88. The second-order valence-corrected chi connectivity index (χ2v) is 4.91. The van der Waals surface area contributed by atoms with Crippen LogP contribution in [-0.4, -0.2) is 19.0 Å². The highest BCUT2D eigenvalue weighted by Crippen LogP contribution is 2.34. The Hall–Kier alpha value is -2.32. The van der Waals surface area contributed by atoms with Gasteiger partial charge in [-0.15, -0.1) is 11.3 Å². The smallest absolute Gasteiger partial charge is 0.204 e. The average Bonchev–Trinajstić information content (AvgIpc) is 2.99. The lowest BCUT2D eigenvalue weighted by molar-refractivity contribution is 0.104. The fourth-order valence-electron chi connectivity index (χ4n) is 1.91. The van der Waals surface area contributed by atoms with E-state index in [1.54, 1.807) is 18.2 Å². The van der Waals surface area contributed by atoms with E-state index in [0.717, 1.165) is 0 Å². The molecular formula is C14H9NO3S. The van der Waals surface area contributed by atoms with Crippen molar-refractivity contribution in [3.8, 4) is 17.6 Å². The van der Waals surface area contributed by atoms with Gasteiger partial charge in [0.25, 0.3) is 0 Å². The van der Waals surface area contributed by atoms with Crippen molar-refractivity contribution in [2.75, 3.05) is 13.2 Å². The molecule has 0 saturated carbocycles. The van der Waals surface area contributed by atoms with Gasteiger partial charge in [-0.25, -0.2) is 0 Å². The van der Waals surface area contributed by atoms with Crippen molar-refractivity contribution < 1.29 is 14.3 Å². The number of benzene rings is 1. The Balaban J connectivity index is 2.10. The van der Waals surface area contributed by atoms with Gasteiger partial charge in [0.2, 0.25) is 5.78 Å². The quantitative estimate of drug-likeness (QED) is 0.788. The first-order valence-corrected chi connectivity index (χ1v) is 6.59. The van der Waals surface area contributed by atoms with E-state index in [2.05, 4.69) is 0 Å². The van der Waals surface area contributed by atoms with E-state index in [0.29, 0.717) is 40.7 Å². The molecule has 1 aliphatic heterocycles. The molecule has 1 aromatic carbocycles. The van der Waals surface area contributed by atoms with Crippen molar-refractivity contribution in [1.29, 1.82) is 5.26 Å². The third-order valence-electron chi connectivity index (χ3n) is 2.79. The summed E-state index contributed by atoms with van der Waals surface area (Å²) in [5.41, 5.74) is 0.664. The van der Waals surface area contributed by atoms with Gasteiger partial charge in [0.1, 0.15) is 19.3 Å². The van der Waals surface area contributed by atoms with E-state index in [4.69, 9.17) is 9.47 Å². The fraction of sp³-hybridized carbons (Fsp3) is 0.143. The zero-order valence-corrected chi connectivity index (χ0v) is 10.7. The summed E-state index contributed by atoms with van der Waals surface area (Å²) in [6.07, 6.45) is 0. The highest BCUT2D eigenvalue weighted by molar-refractivity contribution is 7.12. The molecule has 0 bridgehead atoms. The Kier molecular flexibility index (Phi) is 2.94. The number of fused-ring (bicyclic) bond motifs is 1. The van der Waals surface area contributed by atoms with E-state index in [1.807, 2.05) is 17.5 Å². The monoisotopic (exact) mass is 271 g/mol. The Morgan fingerprint density at radius 2 is 2.00 bits per heavy atom. The maximum atomic E-state index is 12.3. The molecule has 0 saturated heterocycles. The van der Waals surface area contributed by atoms with Gasteiger partial charge in [-0.2, -0.15) is 5.26 Å². The van der Waals surface area contributed by atoms with E-state index < -0.39 is 0 Å². The molecular weight excluding hydrogens is 262 g/mol. The summed E-state index contributed by atoms with van der Waals surface area (Å²) in [6.45, 7) is 0.904. The largest absolute Gasteiger partial charge is 0.486 e. The summed E-state index contributed by atoms with van der Waals surface area (Å²) in [5, 5.41) is 11.0. The summed E-state index contributed by atoms with van der Waals surface area (Å²) in [7, 11) is 0. The Bertz CT molecular complexity index is 671. The van der Waals surface area contributed by atoms with Gasteiger partial charge in [0.15, 0.2) is 11.5 Å². The molecule has 0 aliphatic carbocycles. The number of thiophene rings is 1. The van der Waals surface area contributed by atoms with Crippen LogP contribution in [0.3, 0.4) is 0 Å². The van der Waals surface area contributed by atoms with Crippen LogP contribution in [-0.2, 0) is 0 Å². The van der Waals surface area contributed by atoms with Crippen molar-refractivity contribution in [3.05, 3.63) is 45.6 Å². The number of carbonyl (C=O) groups excluding carboxylic acids is 1. The van der Waals surface area contributed by atoms with Gasteiger partial charge in [-0.3, -0.25) is 4.79 Å². The lowest BCUT2D eigenvalue weighted by atomic mass is 10.0. The zero-order chi connectivity index (χ0) is 13.2. The fourth-order valence-corrected chi connectivity index (χ4v) is 2.59. The number of nitrogens with zero attached hydrogens (tertiary/aromatic N) is 1. The summed E-state index contributed by atoms with van der Waals surface area (Å²) < 4.78 is 10.9. The molecule has 0 fully saturated rings. The van der Waals surface area contributed by atoms with Crippen molar-refractivity contribution in [3.63, 3.8) is 0 Å². The molecule has 94 valence electrons. The average molecular weight is 271 g/mol. The SMILES string of the molecule is N#Cc1cc2c(cc1C(=O)c1cccs1)OCCO2. The van der Waals surface area contributed by atoms with Crippen LogP contribution in [0.2, 0.25) is 0 Å². The second kappa shape index (κ2) is 4.75. The van der Waals surface area contributed by atoms with E-state index in [-0.39, 0.29) is 5.78 Å². The molecule has 5 heteroatoms. The molecule has 1 aromatic heterocycles. The topological polar surface area (TPSA) is 59.3 Å². The normalized spacial score (nSPS) is 12.8. The van der Waals surface area contributed by atoms with Crippen LogP contribution in [0.1, 0.15) is 20.8 Å². The van der Waals surface area contributed by atoms with Crippen LogP contribution in [0.5, 0.6) is 11.5 Å². The number of hydrogen-bond donors (Lipinski definition) is 0. The predicted molar refractivity (Wildman–Crippen MR) is 69.9 cm³/mol. The molecule has 1 aliphatic rings. The summed E-state index contributed by atoms with van der Waals surface area (Å²) in [6, 6.07) is 8.74. The van der Waals surface area contributed by atoms with Crippen LogP contribution in [0.15, 0.2) is 29.6 Å². The van der Waals surface area contributed by atoms with E-state index >= 15 is 0 Å². The third kappa shape index (κ3) is 2.07.